The molecule has 4 nitrogen and oxygen atoms in total. The topological polar surface area (TPSA) is 46.4 Å². The van der Waals surface area contributed by atoms with Crippen LogP contribution in [0.3, 0.4) is 0 Å². The molecule has 0 fully saturated rings. The number of nitro groups is 1. The van der Waals surface area contributed by atoms with Crippen molar-refractivity contribution < 1.29 is 4.92 Å². The monoisotopic (exact) mass is 258 g/mol. The van der Waals surface area contributed by atoms with Crippen LogP contribution < -0.4 is 4.90 Å². The quantitative estimate of drug-likeness (QED) is 0.602. The lowest BCUT2D eigenvalue weighted by molar-refractivity contribution is -0.400. The molecule has 0 aliphatic carbocycles. The van der Waals surface area contributed by atoms with Crippen LogP contribution in [0.15, 0.2) is 30.5 Å². The summed E-state index contributed by atoms with van der Waals surface area (Å²) in [6.45, 7) is 6.41. The molecular formula is C15H18N2O2. The van der Waals surface area contributed by atoms with Crippen LogP contribution in [0.4, 0.5) is 5.69 Å². The maximum atomic E-state index is 10.4. The minimum atomic E-state index is -0.447. The van der Waals surface area contributed by atoms with Crippen molar-refractivity contribution in [2.45, 2.75) is 26.3 Å². The Hall–Kier alpha value is -2.10. The Labute approximate surface area is 113 Å². The number of fused-ring (bicyclic) bond motifs is 1. The van der Waals surface area contributed by atoms with Crippen molar-refractivity contribution in [2.75, 3.05) is 11.9 Å². The predicted molar refractivity (Wildman–Crippen MR) is 78.6 cm³/mol. The van der Waals surface area contributed by atoms with Gasteiger partial charge in [0, 0.05) is 24.4 Å². The van der Waals surface area contributed by atoms with E-state index in [1.807, 2.05) is 18.2 Å². The molecular weight excluding hydrogens is 240 g/mol. The van der Waals surface area contributed by atoms with E-state index < -0.39 is 4.92 Å². The fourth-order valence-corrected chi connectivity index (χ4v) is 2.43. The van der Waals surface area contributed by atoms with E-state index in [0.29, 0.717) is 0 Å². The van der Waals surface area contributed by atoms with Gasteiger partial charge in [-0.15, -0.1) is 0 Å². The van der Waals surface area contributed by atoms with Crippen molar-refractivity contribution >= 4 is 17.3 Å². The van der Waals surface area contributed by atoms with Gasteiger partial charge in [0.1, 0.15) is 0 Å². The number of likely N-dealkylation sites (N-methyl/N-ethyl adjacent to an activating group) is 1. The van der Waals surface area contributed by atoms with Gasteiger partial charge >= 0.3 is 0 Å². The maximum absolute atomic E-state index is 10.4. The molecule has 1 aromatic carbocycles. The minimum absolute atomic E-state index is 0.0186. The first-order valence-corrected chi connectivity index (χ1v) is 6.21. The highest BCUT2D eigenvalue weighted by molar-refractivity contribution is 5.82. The van der Waals surface area contributed by atoms with Crippen molar-refractivity contribution in [3.63, 3.8) is 0 Å². The van der Waals surface area contributed by atoms with Crippen molar-refractivity contribution in [1.82, 2.24) is 0 Å². The van der Waals surface area contributed by atoms with Gasteiger partial charge in [-0.2, -0.15) is 0 Å². The van der Waals surface area contributed by atoms with E-state index in [-0.39, 0.29) is 5.54 Å². The van der Waals surface area contributed by atoms with E-state index in [0.717, 1.165) is 23.0 Å². The van der Waals surface area contributed by atoms with Crippen LogP contribution in [-0.2, 0) is 0 Å². The van der Waals surface area contributed by atoms with Crippen molar-refractivity contribution in [2.24, 2.45) is 0 Å². The highest BCUT2D eigenvalue weighted by atomic mass is 16.6. The van der Waals surface area contributed by atoms with E-state index >= 15 is 0 Å². The summed E-state index contributed by atoms with van der Waals surface area (Å²) >= 11 is 0. The number of hydrogen-bond acceptors (Lipinski definition) is 3. The largest absolute Gasteiger partial charge is 0.366 e. The number of nitrogens with zero attached hydrogens (tertiary/aromatic N) is 2. The standard InChI is InChI=1S/C15H18N2O2/c1-11-10-15(2,3)16(4)14-6-5-12(9-13(11)14)7-8-17(18)19/h5-10H,1-4H3/b8-7-. The maximum Gasteiger partial charge on any atom is 0.235 e. The molecule has 100 valence electrons. The van der Waals surface area contributed by atoms with E-state index in [4.69, 9.17) is 0 Å². The van der Waals surface area contributed by atoms with Crippen molar-refractivity contribution in [3.8, 4) is 0 Å². The van der Waals surface area contributed by atoms with Gasteiger partial charge in [-0.05, 0) is 44.0 Å². The lowest BCUT2D eigenvalue weighted by Gasteiger charge is -2.40. The Morgan fingerprint density at radius 1 is 1.37 bits per heavy atom. The van der Waals surface area contributed by atoms with Crippen LogP contribution >= 0.6 is 0 Å². The molecule has 0 saturated carbocycles. The number of benzene rings is 1. The summed E-state index contributed by atoms with van der Waals surface area (Å²) in [6, 6.07) is 5.92. The van der Waals surface area contributed by atoms with Crippen LogP contribution in [0, 0.1) is 10.1 Å². The summed E-state index contributed by atoms with van der Waals surface area (Å²) < 4.78 is 0. The second kappa shape index (κ2) is 4.53. The third-order valence-electron chi connectivity index (χ3n) is 3.63. The third kappa shape index (κ3) is 2.52. The molecule has 0 aromatic heterocycles. The lowest BCUT2D eigenvalue weighted by Crippen LogP contribution is -2.42. The second-order valence-electron chi connectivity index (χ2n) is 5.42. The number of rotatable bonds is 2. The van der Waals surface area contributed by atoms with E-state index in [1.54, 1.807) is 0 Å². The predicted octanol–water partition coefficient (Wildman–Crippen LogP) is 3.57. The van der Waals surface area contributed by atoms with Gasteiger partial charge in [0.2, 0.25) is 6.20 Å². The molecule has 4 heteroatoms. The summed E-state index contributed by atoms with van der Waals surface area (Å²) in [5.74, 6) is 0. The Kier molecular flexibility index (Phi) is 3.18. The first kappa shape index (κ1) is 13.3. The molecule has 0 N–H and O–H groups in total. The van der Waals surface area contributed by atoms with Crippen LogP contribution in [0.1, 0.15) is 31.9 Å². The lowest BCUT2D eigenvalue weighted by atomic mass is 9.88. The van der Waals surface area contributed by atoms with Crippen LogP contribution in [-0.4, -0.2) is 17.5 Å². The molecule has 0 bridgehead atoms. The van der Waals surface area contributed by atoms with E-state index in [9.17, 15) is 10.1 Å². The molecule has 1 aromatic rings. The van der Waals surface area contributed by atoms with Gasteiger partial charge in [-0.1, -0.05) is 12.1 Å². The van der Waals surface area contributed by atoms with Crippen molar-refractivity contribution in [1.29, 1.82) is 0 Å². The molecule has 0 atom stereocenters. The summed E-state index contributed by atoms with van der Waals surface area (Å²) in [4.78, 5) is 12.1. The van der Waals surface area contributed by atoms with Gasteiger partial charge in [-0.25, -0.2) is 0 Å². The van der Waals surface area contributed by atoms with Crippen molar-refractivity contribution in [3.05, 3.63) is 51.7 Å². The Balaban J connectivity index is 2.47. The zero-order valence-electron chi connectivity index (χ0n) is 11.7. The van der Waals surface area contributed by atoms with Crippen LogP contribution in [0.2, 0.25) is 0 Å². The average Bonchev–Trinajstić information content (AvgIpc) is 2.33. The van der Waals surface area contributed by atoms with Gasteiger partial charge in [-0.3, -0.25) is 10.1 Å². The molecule has 0 radical (unpaired) electrons. The molecule has 1 heterocycles. The summed E-state index contributed by atoms with van der Waals surface area (Å²) in [5, 5.41) is 10.4. The number of allylic oxidation sites excluding steroid dienone is 1. The molecule has 2 rings (SSSR count). The fraction of sp³-hybridized carbons (Fsp3) is 0.333. The molecule has 0 spiro atoms. The fourth-order valence-electron chi connectivity index (χ4n) is 2.43. The smallest absolute Gasteiger partial charge is 0.235 e. The first-order chi connectivity index (χ1) is 8.81. The van der Waals surface area contributed by atoms with Crippen LogP contribution in [0.25, 0.3) is 11.6 Å². The van der Waals surface area contributed by atoms with Crippen LogP contribution in [0.5, 0.6) is 0 Å². The highest BCUT2D eigenvalue weighted by Crippen LogP contribution is 2.38. The van der Waals surface area contributed by atoms with Gasteiger partial charge in [0.25, 0.3) is 0 Å². The Bertz CT molecular complexity index is 586. The van der Waals surface area contributed by atoms with Gasteiger partial charge < -0.3 is 4.90 Å². The molecule has 0 amide bonds. The number of hydrogen-bond donors (Lipinski definition) is 0. The normalized spacial score (nSPS) is 17.3. The summed E-state index contributed by atoms with van der Waals surface area (Å²) in [7, 11) is 2.06. The first-order valence-electron chi connectivity index (χ1n) is 6.21. The Morgan fingerprint density at radius 3 is 2.68 bits per heavy atom. The average molecular weight is 258 g/mol. The molecule has 0 unspecified atom stereocenters. The third-order valence-corrected chi connectivity index (χ3v) is 3.63. The molecule has 1 aliphatic rings. The summed E-state index contributed by atoms with van der Waals surface area (Å²) in [6.07, 6.45) is 4.71. The zero-order valence-corrected chi connectivity index (χ0v) is 11.7. The molecule has 19 heavy (non-hydrogen) atoms. The second-order valence-corrected chi connectivity index (χ2v) is 5.42. The van der Waals surface area contributed by atoms with Gasteiger partial charge in [0.05, 0.1) is 10.5 Å². The zero-order chi connectivity index (χ0) is 14.2. The van der Waals surface area contributed by atoms with E-state index in [2.05, 4.69) is 38.8 Å². The summed E-state index contributed by atoms with van der Waals surface area (Å²) in [5.41, 5.74) is 4.32. The number of anilines is 1. The highest BCUT2D eigenvalue weighted by Gasteiger charge is 2.28. The van der Waals surface area contributed by atoms with Gasteiger partial charge in [0.15, 0.2) is 0 Å². The SMILES string of the molecule is CC1=CC(C)(C)N(C)c2ccc(/C=C\[N+](=O)[O-])cc21. The molecule has 0 saturated heterocycles. The molecule has 1 aliphatic heterocycles. The van der Waals surface area contributed by atoms with E-state index in [1.165, 1.54) is 11.6 Å². The Morgan fingerprint density at radius 2 is 2.05 bits per heavy atom. The minimum Gasteiger partial charge on any atom is -0.366 e.